The number of nitrogens with zero attached hydrogens (tertiary/aromatic N) is 2. The Bertz CT molecular complexity index is 1030. The highest BCUT2D eigenvalue weighted by molar-refractivity contribution is 6.30. The number of benzene rings is 3. The number of carbonyl (C=O) groups is 1. The summed E-state index contributed by atoms with van der Waals surface area (Å²) in [5.74, 6) is -0.238. The lowest BCUT2D eigenvalue weighted by atomic mass is 10.1. The Labute approximate surface area is 173 Å². The first-order chi connectivity index (χ1) is 13.6. The minimum absolute atomic E-state index is 0.238. The Morgan fingerprint density at radius 1 is 0.893 bits per heavy atom. The predicted molar refractivity (Wildman–Crippen MR) is 114 cm³/mol. The second kappa shape index (κ2) is 8.05. The fourth-order valence-electron chi connectivity index (χ4n) is 3.15. The average molecular weight is 410 g/mol. The van der Waals surface area contributed by atoms with Crippen LogP contribution in [-0.2, 0) is 13.1 Å². The minimum atomic E-state index is -0.238. The molecule has 4 rings (SSSR count). The van der Waals surface area contributed by atoms with Gasteiger partial charge in [-0.05, 0) is 65.2 Å². The van der Waals surface area contributed by atoms with E-state index in [1.54, 1.807) is 18.3 Å². The lowest BCUT2D eigenvalue weighted by Gasteiger charge is -2.17. The average Bonchev–Trinajstić information content (AvgIpc) is 3.13. The van der Waals surface area contributed by atoms with Gasteiger partial charge in [0.05, 0.1) is 6.21 Å². The van der Waals surface area contributed by atoms with Crippen molar-refractivity contribution in [2.45, 2.75) is 13.1 Å². The van der Waals surface area contributed by atoms with Gasteiger partial charge in [-0.3, -0.25) is 4.79 Å². The molecule has 0 saturated heterocycles. The van der Waals surface area contributed by atoms with Crippen LogP contribution in [0.2, 0.25) is 10.0 Å². The molecule has 3 aromatic rings. The zero-order valence-corrected chi connectivity index (χ0v) is 16.4. The van der Waals surface area contributed by atoms with Gasteiger partial charge >= 0.3 is 0 Å². The zero-order chi connectivity index (χ0) is 19.5. The number of nitrogens with one attached hydrogen (secondary N) is 1. The highest BCUT2D eigenvalue weighted by atomic mass is 35.5. The number of hydrogen-bond donors (Lipinski definition) is 1. The van der Waals surface area contributed by atoms with Crippen LogP contribution in [-0.4, -0.2) is 12.1 Å². The second-order valence-corrected chi connectivity index (χ2v) is 7.44. The molecular weight excluding hydrogens is 393 g/mol. The van der Waals surface area contributed by atoms with E-state index in [0.717, 1.165) is 34.9 Å². The molecule has 4 nitrogen and oxygen atoms in total. The van der Waals surface area contributed by atoms with Crippen LogP contribution < -0.4 is 10.3 Å². The van der Waals surface area contributed by atoms with Gasteiger partial charge in [0.15, 0.2) is 0 Å². The third-order valence-electron chi connectivity index (χ3n) is 4.63. The molecule has 0 bridgehead atoms. The van der Waals surface area contributed by atoms with Gasteiger partial charge in [0.25, 0.3) is 5.91 Å². The van der Waals surface area contributed by atoms with Crippen molar-refractivity contribution in [3.8, 4) is 0 Å². The minimum Gasteiger partial charge on any atom is -0.363 e. The molecule has 140 valence electrons. The Morgan fingerprint density at radius 2 is 1.54 bits per heavy atom. The summed E-state index contributed by atoms with van der Waals surface area (Å²) in [6.07, 6.45) is 1.59. The van der Waals surface area contributed by atoms with Crippen molar-refractivity contribution in [2.75, 3.05) is 4.90 Å². The fourth-order valence-corrected chi connectivity index (χ4v) is 3.40. The number of halogens is 2. The van der Waals surface area contributed by atoms with E-state index in [1.807, 2.05) is 54.6 Å². The summed E-state index contributed by atoms with van der Waals surface area (Å²) in [6.45, 7) is 1.57. The molecule has 1 N–H and O–H groups in total. The molecule has 1 amide bonds. The third kappa shape index (κ3) is 4.19. The molecule has 0 unspecified atom stereocenters. The summed E-state index contributed by atoms with van der Waals surface area (Å²) in [7, 11) is 0. The Kier molecular flexibility index (Phi) is 5.33. The van der Waals surface area contributed by atoms with Crippen LogP contribution in [0.1, 0.15) is 27.0 Å². The molecule has 0 saturated carbocycles. The maximum atomic E-state index is 12.4. The number of hydrogen-bond acceptors (Lipinski definition) is 3. The van der Waals surface area contributed by atoms with E-state index in [0.29, 0.717) is 10.6 Å². The molecular formula is C22H17Cl2N3O. The molecule has 0 spiro atoms. The van der Waals surface area contributed by atoms with Gasteiger partial charge in [0, 0.05) is 34.4 Å². The highest BCUT2D eigenvalue weighted by Crippen LogP contribution is 2.29. The molecule has 0 fully saturated rings. The number of rotatable bonds is 4. The first kappa shape index (κ1) is 18.5. The van der Waals surface area contributed by atoms with Crippen LogP contribution in [0, 0.1) is 0 Å². The molecule has 0 radical (unpaired) electrons. The molecule has 0 atom stereocenters. The lowest BCUT2D eigenvalue weighted by molar-refractivity contribution is 0.0955. The smallest absolute Gasteiger partial charge is 0.271 e. The van der Waals surface area contributed by atoms with Crippen LogP contribution in [0.4, 0.5) is 5.69 Å². The van der Waals surface area contributed by atoms with Crippen molar-refractivity contribution in [1.82, 2.24) is 5.43 Å². The summed E-state index contributed by atoms with van der Waals surface area (Å²) in [5, 5.41) is 5.40. The lowest BCUT2D eigenvalue weighted by Crippen LogP contribution is -2.17. The van der Waals surface area contributed by atoms with E-state index in [1.165, 1.54) is 5.56 Å². The molecule has 1 aliphatic rings. The van der Waals surface area contributed by atoms with Crippen molar-refractivity contribution in [1.29, 1.82) is 0 Å². The molecule has 3 aromatic carbocycles. The first-order valence-electron chi connectivity index (χ1n) is 8.80. The van der Waals surface area contributed by atoms with Crippen LogP contribution in [0.15, 0.2) is 71.8 Å². The van der Waals surface area contributed by atoms with Crippen molar-refractivity contribution in [3.63, 3.8) is 0 Å². The van der Waals surface area contributed by atoms with Gasteiger partial charge in [-0.15, -0.1) is 0 Å². The van der Waals surface area contributed by atoms with Gasteiger partial charge in [-0.1, -0.05) is 41.4 Å². The Morgan fingerprint density at radius 3 is 2.25 bits per heavy atom. The number of carbonyl (C=O) groups excluding carboxylic acids is 1. The van der Waals surface area contributed by atoms with E-state index < -0.39 is 0 Å². The number of amides is 1. The molecule has 28 heavy (non-hydrogen) atoms. The third-order valence-corrected chi connectivity index (χ3v) is 5.14. The number of hydrazone groups is 1. The molecule has 1 aliphatic heterocycles. The molecule has 0 aliphatic carbocycles. The standard InChI is InChI=1S/C22H17Cl2N3O/c23-19-5-1-15(2-6-19)12-25-26-22(28)16-3-4-17-13-27(14-18(17)11-16)21-9-7-20(24)8-10-21/h1-12H,13-14H2,(H,26,28)/b25-12+. The summed E-state index contributed by atoms with van der Waals surface area (Å²) in [6, 6.07) is 20.8. The maximum absolute atomic E-state index is 12.4. The molecule has 1 heterocycles. The van der Waals surface area contributed by atoms with Gasteiger partial charge in [-0.2, -0.15) is 5.10 Å². The maximum Gasteiger partial charge on any atom is 0.271 e. The van der Waals surface area contributed by atoms with Crippen molar-refractivity contribution in [2.24, 2.45) is 5.10 Å². The van der Waals surface area contributed by atoms with Crippen LogP contribution in [0.25, 0.3) is 0 Å². The highest BCUT2D eigenvalue weighted by Gasteiger charge is 2.20. The number of anilines is 1. The Hall–Kier alpha value is -2.82. The molecule has 0 aromatic heterocycles. The first-order valence-corrected chi connectivity index (χ1v) is 9.55. The van der Waals surface area contributed by atoms with E-state index >= 15 is 0 Å². The van der Waals surface area contributed by atoms with Crippen LogP contribution >= 0.6 is 23.2 Å². The normalized spacial score (nSPS) is 13.0. The Balaban J connectivity index is 1.42. The van der Waals surface area contributed by atoms with Crippen LogP contribution in [0.5, 0.6) is 0 Å². The predicted octanol–water partition coefficient (Wildman–Crippen LogP) is 5.28. The van der Waals surface area contributed by atoms with Crippen LogP contribution in [0.3, 0.4) is 0 Å². The van der Waals surface area contributed by atoms with E-state index in [4.69, 9.17) is 23.2 Å². The quantitative estimate of drug-likeness (QED) is 0.470. The van der Waals surface area contributed by atoms with E-state index in [-0.39, 0.29) is 5.91 Å². The van der Waals surface area contributed by atoms with Gasteiger partial charge in [0.1, 0.15) is 0 Å². The van der Waals surface area contributed by atoms with Crippen molar-refractivity contribution < 1.29 is 4.79 Å². The van der Waals surface area contributed by atoms with E-state index in [2.05, 4.69) is 15.4 Å². The summed E-state index contributed by atoms with van der Waals surface area (Å²) in [4.78, 5) is 14.7. The van der Waals surface area contributed by atoms with Crippen molar-refractivity contribution >= 4 is 41.0 Å². The van der Waals surface area contributed by atoms with Crippen molar-refractivity contribution in [3.05, 3.63) is 99.0 Å². The second-order valence-electron chi connectivity index (χ2n) is 6.57. The monoisotopic (exact) mass is 409 g/mol. The van der Waals surface area contributed by atoms with Gasteiger partial charge < -0.3 is 4.90 Å². The van der Waals surface area contributed by atoms with Gasteiger partial charge in [-0.25, -0.2) is 5.43 Å². The largest absolute Gasteiger partial charge is 0.363 e. The van der Waals surface area contributed by atoms with E-state index in [9.17, 15) is 4.79 Å². The summed E-state index contributed by atoms with van der Waals surface area (Å²) in [5.41, 5.74) is 7.49. The zero-order valence-electron chi connectivity index (χ0n) is 14.9. The summed E-state index contributed by atoms with van der Waals surface area (Å²) < 4.78 is 0. The SMILES string of the molecule is O=C(N/N=C/c1ccc(Cl)cc1)c1ccc2c(c1)CN(c1ccc(Cl)cc1)C2. The number of fused-ring (bicyclic) bond motifs is 1. The molecule has 6 heteroatoms. The van der Waals surface area contributed by atoms with Gasteiger partial charge in [0.2, 0.25) is 0 Å². The fraction of sp³-hybridized carbons (Fsp3) is 0.0909. The topological polar surface area (TPSA) is 44.7 Å². The summed E-state index contributed by atoms with van der Waals surface area (Å²) >= 11 is 11.8.